The third kappa shape index (κ3) is 4.23. The number of fused-ring (bicyclic) bond motifs is 2. The molecule has 0 aliphatic rings. The second kappa shape index (κ2) is 9.54. The fraction of sp³-hybridized carbons (Fsp3) is 0. The molecule has 4 aromatic carbocycles. The van der Waals surface area contributed by atoms with Crippen molar-refractivity contribution in [2.45, 2.75) is 0 Å². The van der Waals surface area contributed by atoms with E-state index in [4.69, 9.17) is 0 Å². The summed E-state index contributed by atoms with van der Waals surface area (Å²) in [6.07, 6.45) is 0. The molecule has 156 valence electrons. The van der Waals surface area contributed by atoms with Gasteiger partial charge in [-0.1, -0.05) is 72.8 Å². The van der Waals surface area contributed by atoms with Gasteiger partial charge in [-0.3, -0.25) is 0 Å². The molecule has 6 aromatic rings. The molecule has 0 saturated carbocycles. The molecule has 0 N–H and O–H groups in total. The van der Waals surface area contributed by atoms with Gasteiger partial charge in [0, 0.05) is 20.1 Å². The lowest BCUT2D eigenvalue weighted by atomic mass is 9.98. The molecule has 0 saturated heterocycles. The van der Waals surface area contributed by atoms with E-state index in [1.165, 1.54) is 34.6 Å². The SMILES string of the molecule is Brc1ccc(Br)c2nsnc12.c1ccc(-c2ccc(-c3ccccc3)c3nsnc23)cc1. The Morgan fingerprint density at radius 1 is 0.438 bits per heavy atom. The number of aromatic nitrogens is 4. The summed E-state index contributed by atoms with van der Waals surface area (Å²) in [6, 6.07) is 28.9. The molecule has 0 atom stereocenters. The predicted molar refractivity (Wildman–Crippen MR) is 141 cm³/mol. The third-order valence-electron chi connectivity index (χ3n) is 4.90. The van der Waals surface area contributed by atoms with Gasteiger partial charge in [-0.15, -0.1) is 0 Å². The summed E-state index contributed by atoms with van der Waals surface area (Å²) in [5.74, 6) is 0. The van der Waals surface area contributed by atoms with Crippen LogP contribution in [0.1, 0.15) is 0 Å². The average Bonchev–Trinajstić information content (AvgIpc) is 3.53. The van der Waals surface area contributed by atoms with Crippen molar-refractivity contribution in [2.75, 3.05) is 0 Å². The van der Waals surface area contributed by atoms with E-state index in [1.54, 1.807) is 0 Å². The standard InChI is InChI=1S/C18H12N2S.C6H2Br2N2S/c1-3-7-13(8-4-1)15-11-12-16(14-9-5-2-6-10-14)18-17(15)19-21-20-18;7-3-1-2-4(8)6-5(3)9-11-10-6/h1-12H;1-2H. The van der Waals surface area contributed by atoms with Crippen molar-refractivity contribution >= 4 is 77.4 Å². The molecular weight excluding hydrogens is 568 g/mol. The second-order valence-electron chi connectivity index (χ2n) is 6.84. The average molecular weight is 582 g/mol. The van der Waals surface area contributed by atoms with E-state index in [0.29, 0.717) is 0 Å². The Balaban J connectivity index is 0.000000165. The Morgan fingerprint density at radius 3 is 1.22 bits per heavy atom. The lowest BCUT2D eigenvalue weighted by Crippen LogP contribution is -1.85. The number of nitrogens with zero attached hydrogens (tertiary/aromatic N) is 4. The highest BCUT2D eigenvalue weighted by molar-refractivity contribution is 9.11. The topological polar surface area (TPSA) is 51.6 Å². The normalized spacial score (nSPS) is 10.8. The van der Waals surface area contributed by atoms with Gasteiger partial charge in [0.25, 0.3) is 0 Å². The molecule has 6 rings (SSSR count). The zero-order valence-electron chi connectivity index (χ0n) is 16.4. The minimum Gasteiger partial charge on any atom is -0.172 e. The number of rotatable bonds is 2. The zero-order valence-corrected chi connectivity index (χ0v) is 21.2. The lowest BCUT2D eigenvalue weighted by Gasteiger charge is -2.06. The molecule has 0 amide bonds. The van der Waals surface area contributed by atoms with Crippen molar-refractivity contribution in [1.29, 1.82) is 0 Å². The van der Waals surface area contributed by atoms with Crippen molar-refractivity contribution in [2.24, 2.45) is 0 Å². The summed E-state index contributed by atoms with van der Waals surface area (Å²) in [5.41, 5.74) is 8.43. The summed E-state index contributed by atoms with van der Waals surface area (Å²) in [7, 11) is 0. The summed E-state index contributed by atoms with van der Waals surface area (Å²) < 4.78 is 19.3. The molecule has 0 unspecified atom stereocenters. The predicted octanol–water partition coefficient (Wildman–Crippen LogP) is 8.24. The van der Waals surface area contributed by atoms with Crippen molar-refractivity contribution < 1.29 is 0 Å². The number of benzene rings is 4. The van der Waals surface area contributed by atoms with E-state index < -0.39 is 0 Å². The molecule has 4 nitrogen and oxygen atoms in total. The Bertz CT molecular complexity index is 1390. The van der Waals surface area contributed by atoms with Crippen LogP contribution in [0.5, 0.6) is 0 Å². The molecule has 0 fully saturated rings. The van der Waals surface area contributed by atoms with E-state index >= 15 is 0 Å². The largest absolute Gasteiger partial charge is 0.172 e. The molecular formula is C24H14Br2N4S2. The van der Waals surface area contributed by atoms with Crippen LogP contribution in [-0.2, 0) is 0 Å². The van der Waals surface area contributed by atoms with Crippen LogP contribution in [0.2, 0.25) is 0 Å². The molecule has 2 heterocycles. The molecule has 0 aliphatic carbocycles. The van der Waals surface area contributed by atoms with Crippen LogP contribution in [0, 0.1) is 0 Å². The Labute approximate surface area is 209 Å². The first kappa shape index (κ1) is 21.3. The Hall–Kier alpha value is -2.52. The third-order valence-corrected chi connectivity index (χ3v) is 7.24. The van der Waals surface area contributed by atoms with E-state index in [2.05, 4.69) is 85.8 Å². The van der Waals surface area contributed by atoms with Gasteiger partial charge in [-0.05, 0) is 55.1 Å². The van der Waals surface area contributed by atoms with Gasteiger partial charge in [-0.25, -0.2) is 0 Å². The first-order valence-electron chi connectivity index (χ1n) is 9.65. The van der Waals surface area contributed by atoms with Crippen LogP contribution in [0.3, 0.4) is 0 Å². The van der Waals surface area contributed by atoms with Crippen LogP contribution >= 0.6 is 55.3 Å². The summed E-state index contributed by atoms with van der Waals surface area (Å²) >= 11 is 9.28. The number of hydrogen-bond donors (Lipinski definition) is 0. The van der Waals surface area contributed by atoms with Crippen molar-refractivity contribution in [3.05, 3.63) is 93.9 Å². The van der Waals surface area contributed by atoms with Crippen LogP contribution in [-0.4, -0.2) is 17.5 Å². The van der Waals surface area contributed by atoms with Gasteiger partial charge in [0.2, 0.25) is 0 Å². The minimum absolute atomic E-state index is 0.921. The summed E-state index contributed by atoms with van der Waals surface area (Å²) in [6.45, 7) is 0. The monoisotopic (exact) mass is 580 g/mol. The van der Waals surface area contributed by atoms with Crippen LogP contribution < -0.4 is 0 Å². The molecule has 0 bridgehead atoms. The fourth-order valence-electron chi connectivity index (χ4n) is 3.37. The van der Waals surface area contributed by atoms with E-state index in [0.717, 1.165) is 42.1 Å². The van der Waals surface area contributed by atoms with Crippen LogP contribution in [0.25, 0.3) is 44.3 Å². The molecule has 0 aliphatic heterocycles. The van der Waals surface area contributed by atoms with Gasteiger partial charge < -0.3 is 0 Å². The van der Waals surface area contributed by atoms with Gasteiger partial charge >= 0.3 is 0 Å². The highest BCUT2D eigenvalue weighted by Crippen LogP contribution is 2.34. The van der Waals surface area contributed by atoms with Crippen LogP contribution in [0.15, 0.2) is 93.9 Å². The highest BCUT2D eigenvalue weighted by atomic mass is 79.9. The van der Waals surface area contributed by atoms with Crippen molar-refractivity contribution in [3.63, 3.8) is 0 Å². The summed E-state index contributed by atoms with van der Waals surface area (Å²) in [5, 5.41) is 0. The molecule has 0 spiro atoms. The number of halogens is 2. The number of hydrogen-bond acceptors (Lipinski definition) is 6. The fourth-order valence-corrected chi connectivity index (χ4v) is 5.57. The Morgan fingerprint density at radius 2 is 0.812 bits per heavy atom. The van der Waals surface area contributed by atoms with E-state index in [9.17, 15) is 0 Å². The maximum Gasteiger partial charge on any atom is 0.120 e. The highest BCUT2D eigenvalue weighted by Gasteiger charge is 2.12. The molecule has 8 heteroatoms. The van der Waals surface area contributed by atoms with Gasteiger partial charge in [0.15, 0.2) is 0 Å². The van der Waals surface area contributed by atoms with Gasteiger partial charge in [0.05, 0.1) is 23.5 Å². The lowest BCUT2D eigenvalue weighted by molar-refractivity contribution is 1.58. The van der Waals surface area contributed by atoms with Gasteiger partial charge in [0.1, 0.15) is 22.1 Å². The zero-order chi connectivity index (χ0) is 21.9. The van der Waals surface area contributed by atoms with Gasteiger partial charge in [-0.2, -0.15) is 17.5 Å². The van der Waals surface area contributed by atoms with Crippen molar-refractivity contribution in [1.82, 2.24) is 17.5 Å². The maximum atomic E-state index is 4.51. The van der Waals surface area contributed by atoms with E-state index in [1.807, 2.05) is 48.5 Å². The van der Waals surface area contributed by atoms with Crippen LogP contribution in [0.4, 0.5) is 0 Å². The molecule has 32 heavy (non-hydrogen) atoms. The summed E-state index contributed by atoms with van der Waals surface area (Å²) in [4.78, 5) is 0. The quantitative estimate of drug-likeness (QED) is 0.206. The smallest absolute Gasteiger partial charge is 0.120 e. The Kier molecular flexibility index (Phi) is 6.36. The molecule has 0 radical (unpaired) electrons. The first-order valence-corrected chi connectivity index (χ1v) is 12.7. The maximum absolute atomic E-state index is 4.51. The second-order valence-corrected chi connectivity index (χ2v) is 9.61. The first-order chi connectivity index (χ1) is 15.7. The minimum atomic E-state index is 0.921. The molecule has 2 aromatic heterocycles. The van der Waals surface area contributed by atoms with Crippen molar-refractivity contribution in [3.8, 4) is 22.3 Å². The van der Waals surface area contributed by atoms with E-state index in [-0.39, 0.29) is 0 Å².